The summed E-state index contributed by atoms with van der Waals surface area (Å²) in [6.07, 6.45) is 0. The van der Waals surface area contributed by atoms with Crippen LogP contribution in [0.1, 0.15) is 12.5 Å². The molecule has 2 rings (SSSR count). The topological polar surface area (TPSA) is 84.7 Å². The number of hydrogen-bond donors (Lipinski definition) is 1. The van der Waals surface area contributed by atoms with Crippen molar-refractivity contribution in [1.82, 2.24) is 9.78 Å². The van der Waals surface area contributed by atoms with Gasteiger partial charge in [-0.25, -0.2) is 9.07 Å². The molecular weight excluding hydrogens is 247 g/mol. The average Bonchev–Trinajstić information content (AvgIpc) is 2.42. The first-order valence-electron chi connectivity index (χ1n) is 5.65. The van der Waals surface area contributed by atoms with E-state index in [9.17, 15) is 9.18 Å². The number of nitrogen functional groups attached to an aromatic ring is 1. The molecular formula is C13H11FN4O. The van der Waals surface area contributed by atoms with E-state index in [4.69, 9.17) is 11.0 Å². The van der Waals surface area contributed by atoms with E-state index in [-0.39, 0.29) is 22.8 Å². The first-order valence-corrected chi connectivity index (χ1v) is 5.65. The second-order valence-electron chi connectivity index (χ2n) is 3.88. The molecule has 2 aromatic rings. The third-order valence-corrected chi connectivity index (χ3v) is 2.72. The van der Waals surface area contributed by atoms with E-state index in [1.165, 1.54) is 28.9 Å². The Hall–Kier alpha value is -2.68. The van der Waals surface area contributed by atoms with E-state index < -0.39 is 5.56 Å². The van der Waals surface area contributed by atoms with Crippen LogP contribution in [-0.2, 0) is 6.54 Å². The van der Waals surface area contributed by atoms with Crippen molar-refractivity contribution >= 4 is 5.69 Å². The minimum absolute atomic E-state index is 0.0151. The molecule has 96 valence electrons. The van der Waals surface area contributed by atoms with Gasteiger partial charge in [0, 0.05) is 12.1 Å². The van der Waals surface area contributed by atoms with Crippen LogP contribution < -0.4 is 11.3 Å². The lowest BCUT2D eigenvalue weighted by Crippen LogP contribution is -2.26. The van der Waals surface area contributed by atoms with Crippen molar-refractivity contribution in [3.05, 3.63) is 46.0 Å². The molecule has 0 amide bonds. The van der Waals surface area contributed by atoms with Crippen LogP contribution >= 0.6 is 0 Å². The Kier molecular flexibility index (Phi) is 3.29. The van der Waals surface area contributed by atoms with Gasteiger partial charge in [-0.3, -0.25) is 4.79 Å². The summed E-state index contributed by atoms with van der Waals surface area (Å²) < 4.78 is 14.1. The molecule has 5 nitrogen and oxygen atoms in total. The number of halogens is 1. The third kappa shape index (κ3) is 2.18. The monoisotopic (exact) mass is 258 g/mol. The van der Waals surface area contributed by atoms with Gasteiger partial charge in [0.1, 0.15) is 28.8 Å². The molecule has 0 bridgehead atoms. The van der Waals surface area contributed by atoms with Gasteiger partial charge in [-0.15, -0.1) is 0 Å². The van der Waals surface area contributed by atoms with Crippen molar-refractivity contribution in [2.24, 2.45) is 0 Å². The molecule has 0 spiro atoms. The van der Waals surface area contributed by atoms with Gasteiger partial charge in [-0.05, 0) is 31.2 Å². The number of nitrogens with zero attached hydrogens (tertiary/aromatic N) is 3. The van der Waals surface area contributed by atoms with Crippen LogP contribution in [0.5, 0.6) is 0 Å². The minimum atomic E-state index is -0.495. The summed E-state index contributed by atoms with van der Waals surface area (Å²) >= 11 is 0. The average molecular weight is 258 g/mol. The van der Waals surface area contributed by atoms with Crippen molar-refractivity contribution in [2.75, 3.05) is 5.73 Å². The molecule has 0 saturated carbocycles. The number of nitrogens with two attached hydrogens (primary N) is 1. The number of nitriles is 1. The van der Waals surface area contributed by atoms with Crippen molar-refractivity contribution < 1.29 is 4.39 Å². The molecule has 0 saturated heterocycles. The van der Waals surface area contributed by atoms with E-state index in [0.717, 1.165) is 0 Å². The molecule has 0 aliphatic rings. The highest BCUT2D eigenvalue weighted by Crippen LogP contribution is 2.23. The van der Waals surface area contributed by atoms with Gasteiger partial charge >= 0.3 is 0 Å². The maximum absolute atomic E-state index is 12.9. The zero-order valence-electron chi connectivity index (χ0n) is 10.2. The van der Waals surface area contributed by atoms with Crippen molar-refractivity contribution in [3.8, 4) is 17.3 Å². The van der Waals surface area contributed by atoms with Crippen LogP contribution in [0.2, 0.25) is 0 Å². The zero-order chi connectivity index (χ0) is 14.0. The van der Waals surface area contributed by atoms with Crippen LogP contribution in [0.4, 0.5) is 10.1 Å². The summed E-state index contributed by atoms with van der Waals surface area (Å²) in [5, 5.41) is 13.2. The van der Waals surface area contributed by atoms with Gasteiger partial charge in [0.15, 0.2) is 0 Å². The van der Waals surface area contributed by atoms with Crippen molar-refractivity contribution in [2.45, 2.75) is 13.5 Å². The highest BCUT2D eigenvalue weighted by Gasteiger charge is 2.15. The number of hydrogen-bond acceptors (Lipinski definition) is 4. The second kappa shape index (κ2) is 4.90. The molecule has 0 aliphatic carbocycles. The molecule has 1 aromatic heterocycles. The van der Waals surface area contributed by atoms with E-state index >= 15 is 0 Å². The Morgan fingerprint density at radius 3 is 2.58 bits per heavy atom. The van der Waals surface area contributed by atoms with Crippen LogP contribution in [-0.4, -0.2) is 9.78 Å². The Labute approximate surface area is 108 Å². The van der Waals surface area contributed by atoms with E-state index in [2.05, 4.69) is 5.10 Å². The predicted octanol–water partition coefficient (Wildman–Crippen LogP) is 1.52. The summed E-state index contributed by atoms with van der Waals surface area (Å²) in [6, 6.07) is 7.37. The van der Waals surface area contributed by atoms with Gasteiger partial charge in [0.25, 0.3) is 5.56 Å². The number of aromatic nitrogens is 2. The lowest BCUT2D eigenvalue weighted by molar-refractivity contribution is 0.619. The Morgan fingerprint density at radius 2 is 2.05 bits per heavy atom. The molecule has 0 aliphatic heterocycles. The summed E-state index contributed by atoms with van der Waals surface area (Å²) in [5.41, 5.74) is 5.86. The van der Waals surface area contributed by atoms with Gasteiger partial charge < -0.3 is 5.73 Å². The van der Waals surface area contributed by atoms with Crippen molar-refractivity contribution in [1.29, 1.82) is 5.26 Å². The molecule has 0 unspecified atom stereocenters. The summed E-state index contributed by atoms with van der Waals surface area (Å²) in [6.45, 7) is 2.08. The first-order chi connectivity index (χ1) is 9.08. The highest BCUT2D eigenvalue weighted by molar-refractivity contribution is 5.72. The number of anilines is 1. The van der Waals surface area contributed by atoms with Gasteiger partial charge in [-0.1, -0.05) is 0 Å². The maximum Gasteiger partial charge on any atom is 0.291 e. The van der Waals surface area contributed by atoms with Crippen LogP contribution in [0, 0.1) is 17.1 Å². The quantitative estimate of drug-likeness (QED) is 0.885. The normalized spacial score (nSPS) is 10.2. The fourth-order valence-electron chi connectivity index (χ4n) is 1.73. The molecule has 0 fully saturated rings. The maximum atomic E-state index is 12.9. The fraction of sp³-hybridized carbons (Fsp3) is 0.154. The summed E-state index contributed by atoms with van der Waals surface area (Å²) in [7, 11) is 0. The number of benzene rings is 1. The minimum Gasteiger partial charge on any atom is -0.393 e. The van der Waals surface area contributed by atoms with Gasteiger partial charge in [-0.2, -0.15) is 10.4 Å². The molecule has 1 aromatic carbocycles. The zero-order valence-corrected chi connectivity index (χ0v) is 10.2. The van der Waals surface area contributed by atoms with Crippen LogP contribution in [0.25, 0.3) is 11.3 Å². The lowest BCUT2D eigenvalue weighted by atomic mass is 10.1. The summed E-state index contributed by atoms with van der Waals surface area (Å²) in [5.74, 6) is -0.390. The van der Waals surface area contributed by atoms with Crippen molar-refractivity contribution in [3.63, 3.8) is 0 Å². The first kappa shape index (κ1) is 12.8. The predicted molar refractivity (Wildman–Crippen MR) is 68.7 cm³/mol. The molecule has 0 radical (unpaired) electrons. The fourth-order valence-corrected chi connectivity index (χ4v) is 1.73. The Bertz CT molecular complexity index is 713. The SMILES string of the molecule is CCn1nc(-c2ccc(F)cc2)c(C#N)c(N)c1=O. The smallest absolute Gasteiger partial charge is 0.291 e. The molecule has 19 heavy (non-hydrogen) atoms. The largest absolute Gasteiger partial charge is 0.393 e. The standard InChI is InChI=1S/C13H11FN4O/c1-2-18-13(19)11(16)10(7-15)12(17-18)8-3-5-9(14)6-4-8/h3-6H,2,16H2,1H3. The number of rotatable bonds is 2. The molecule has 2 N–H and O–H groups in total. The lowest BCUT2D eigenvalue weighted by Gasteiger charge is -2.09. The highest BCUT2D eigenvalue weighted by atomic mass is 19.1. The Balaban J connectivity index is 2.76. The van der Waals surface area contributed by atoms with E-state index in [0.29, 0.717) is 12.1 Å². The van der Waals surface area contributed by atoms with E-state index in [1.807, 2.05) is 6.07 Å². The Morgan fingerprint density at radius 1 is 1.42 bits per heavy atom. The number of aryl methyl sites for hydroxylation is 1. The third-order valence-electron chi connectivity index (χ3n) is 2.72. The molecule has 6 heteroatoms. The molecule has 0 atom stereocenters. The summed E-state index contributed by atoms with van der Waals surface area (Å²) in [4.78, 5) is 11.8. The van der Waals surface area contributed by atoms with Gasteiger partial charge in [0.05, 0.1) is 0 Å². The molecule has 1 heterocycles. The van der Waals surface area contributed by atoms with Crippen LogP contribution in [0.15, 0.2) is 29.1 Å². The van der Waals surface area contributed by atoms with E-state index in [1.54, 1.807) is 6.92 Å². The second-order valence-corrected chi connectivity index (χ2v) is 3.88. The van der Waals surface area contributed by atoms with Gasteiger partial charge in [0.2, 0.25) is 0 Å². The van der Waals surface area contributed by atoms with Crippen LogP contribution in [0.3, 0.4) is 0 Å².